The van der Waals surface area contributed by atoms with Crippen LogP contribution >= 0.6 is 0 Å². The summed E-state index contributed by atoms with van der Waals surface area (Å²) in [5.41, 5.74) is -0.184. The van der Waals surface area contributed by atoms with E-state index in [2.05, 4.69) is 15.7 Å². The topological polar surface area (TPSA) is 119 Å². The molecule has 0 spiro atoms. The van der Waals surface area contributed by atoms with Gasteiger partial charge in [0.25, 0.3) is 5.89 Å². The van der Waals surface area contributed by atoms with E-state index in [0.717, 1.165) is 23.9 Å². The SMILES string of the molecule is O=C(Cn1nc(-c2ccco2)oc1=O)NC(=O)NC12CC3CC(CC(C3)C1)C2. The van der Waals surface area contributed by atoms with Crippen molar-refractivity contribution in [2.24, 2.45) is 17.8 Å². The lowest BCUT2D eigenvalue weighted by Gasteiger charge is -2.56. The second kappa shape index (κ2) is 6.35. The first kappa shape index (κ1) is 17.3. The summed E-state index contributed by atoms with van der Waals surface area (Å²) in [6, 6.07) is 2.72. The predicted octanol–water partition coefficient (Wildman–Crippen LogP) is 1.89. The minimum atomic E-state index is -0.789. The largest absolute Gasteiger partial charge is 0.459 e. The highest BCUT2D eigenvalue weighted by Gasteiger charge is 2.51. The zero-order chi connectivity index (χ0) is 19.3. The summed E-state index contributed by atoms with van der Waals surface area (Å²) < 4.78 is 11.0. The monoisotopic (exact) mass is 386 g/mol. The molecule has 0 atom stereocenters. The molecule has 4 aliphatic carbocycles. The Morgan fingerprint density at radius 3 is 2.46 bits per heavy atom. The maximum Gasteiger partial charge on any atom is 0.437 e. The Balaban J connectivity index is 1.21. The van der Waals surface area contributed by atoms with Crippen molar-refractivity contribution in [1.82, 2.24) is 20.4 Å². The Hall–Kier alpha value is -2.84. The number of hydrogen-bond donors (Lipinski definition) is 2. The van der Waals surface area contributed by atoms with Gasteiger partial charge in [0.2, 0.25) is 5.91 Å². The van der Waals surface area contributed by atoms with Gasteiger partial charge in [-0.15, -0.1) is 5.10 Å². The van der Waals surface area contributed by atoms with E-state index in [9.17, 15) is 14.4 Å². The van der Waals surface area contributed by atoms with Crippen LogP contribution in [0.4, 0.5) is 4.79 Å². The second-order valence-corrected chi connectivity index (χ2v) is 8.51. The first-order valence-corrected chi connectivity index (χ1v) is 9.72. The van der Waals surface area contributed by atoms with E-state index in [4.69, 9.17) is 8.83 Å². The molecule has 4 aliphatic rings. The zero-order valence-corrected chi connectivity index (χ0v) is 15.3. The van der Waals surface area contributed by atoms with Crippen LogP contribution in [-0.2, 0) is 11.3 Å². The van der Waals surface area contributed by atoms with Gasteiger partial charge in [0.15, 0.2) is 5.76 Å². The standard InChI is InChI=1S/C19H22N4O5/c24-15(10-23-18(26)28-16(22-23)14-2-1-3-27-14)20-17(25)21-19-7-11-4-12(8-19)6-13(5-11)9-19/h1-3,11-13H,4-10H2,(H2,20,21,24,25). The molecule has 4 bridgehead atoms. The summed E-state index contributed by atoms with van der Waals surface area (Å²) in [7, 11) is 0. The van der Waals surface area contributed by atoms with Crippen molar-refractivity contribution in [1.29, 1.82) is 0 Å². The molecule has 9 nitrogen and oxygen atoms in total. The van der Waals surface area contributed by atoms with Crippen LogP contribution in [0.5, 0.6) is 0 Å². The second-order valence-electron chi connectivity index (χ2n) is 8.51. The lowest BCUT2D eigenvalue weighted by molar-refractivity contribution is -0.120. The molecule has 0 radical (unpaired) electrons. The summed E-state index contributed by atoms with van der Waals surface area (Å²) in [4.78, 5) is 36.5. The van der Waals surface area contributed by atoms with Gasteiger partial charge in [-0.25, -0.2) is 9.59 Å². The minimum absolute atomic E-state index is 0.0131. The minimum Gasteiger partial charge on any atom is -0.459 e. The van der Waals surface area contributed by atoms with Gasteiger partial charge in [-0.2, -0.15) is 4.68 Å². The Morgan fingerprint density at radius 1 is 1.18 bits per heavy atom. The number of carbonyl (C=O) groups is 2. The molecule has 2 heterocycles. The third kappa shape index (κ3) is 3.14. The number of urea groups is 1. The maximum atomic E-state index is 12.4. The van der Waals surface area contributed by atoms with E-state index in [-0.39, 0.29) is 17.2 Å². The highest BCUT2D eigenvalue weighted by atomic mass is 16.4. The number of hydrogen-bond acceptors (Lipinski definition) is 6. The fraction of sp³-hybridized carbons (Fsp3) is 0.579. The molecule has 148 valence electrons. The lowest BCUT2D eigenvalue weighted by Crippen LogP contribution is -2.62. The van der Waals surface area contributed by atoms with Crippen molar-refractivity contribution in [3.8, 4) is 11.7 Å². The van der Waals surface area contributed by atoms with Crippen molar-refractivity contribution in [3.63, 3.8) is 0 Å². The number of nitrogens with one attached hydrogen (secondary N) is 2. The Bertz CT molecular complexity index is 922. The van der Waals surface area contributed by atoms with E-state index in [0.29, 0.717) is 17.8 Å². The van der Waals surface area contributed by atoms with E-state index in [1.165, 1.54) is 25.5 Å². The first-order chi connectivity index (χ1) is 13.5. The molecule has 6 rings (SSSR count). The highest BCUT2D eigenvalue weighted by molar-refractivity contribution is 5.94. The van der Waals surface area contributed by atoms with E-state index >= 15 is 0 Å². The highest BCUT2D eigenvalue weighted by Crippen LogP contribution is 2.55. The van der Waals surface area contributed by atoms with Crippen LogP contribution in [0.2, 0.25) is 0 Å². The van der Waals surface area contributed by atoms with Gasteiger partial charge in [0, 0.05) is 5.54 Å². The molecule has 2 N–H and O–H groups in total. The van der Waals surface area contributed by atoms with Crippen molar-refractivity contribution >= 4 is 11.9 Å². The quantitative estimate of drug-likeness (QED) is 0.828. The number of furan rings is 1. The molecular formula is C19H22N4O5. The summed E-state index contributed by atoms with van der Waals surface area (Å²) in [5, 5.41) is 9.32. The molecule has 3 amide bonds. The van der Waals surface area contributed by atoms with Gasteiger partial charge < -0.3 is 14.2 Å². The molecule has 0 aromatic carbocycles. The first-order valence-electron chi connectivity index (χ1n) is 9.72. The molecule has 2 aromatic rings. The van der Waals surface area contributed by atoms with Gasteiger partial charge in [0.1, 0.15) is 6.54 Å². The zero-order valence-electron chi connectivity index (χ0n) is 15.3. The van der Waals surface area contributed by atoms with E-state index in [1.807, 2.05) is 0 Å². The molecule has 4 fully saturated rings. The molecule has 9 heteroatoms. The average molecular weight is 386 g/mol. The Kier molecular flexibility index (Phi) is 3.92. The van der Waals surface area contributed by atoms with Crippen LogP contribution in [0.25, 0.3) is 11.7 Å². The van der Waals surface area contributed by atoms with E-state index in [1.54, 1.807) is 12.1 Å². The lowest BCUT2D eigenvalue weighted by atomic mass is 9.53. The fourth-order valence-corrected chi connectivity index (χ4v) is 5.74. The van der Waals surface area contributed by atoms with Crippen molar-refractivity contribution in [2.75, 3.05) is 0 Å². The van der Waals surface area contributed by atoms with Crippen LogP contribution in [0.15, 0.2) is 32.0 Å². The number of carbonyl (C=O) groups excluding carboxylic acids is 2. The van der Waals surface area contributed by atoms with Gasteiger partial charge in [-0.1, -0.05) is 0 Å². The third-order valence-corrected chi connectivity index (χ3v) is 6.30. The van der Waals surface area contributed by atoms with Crippen LogP contribution in [0.3, 0.4) is 0 Å². The van der Waals surface area contributed by atoms with Crippen molar-refractivity contribution in [3.05, 3.63) is 28.9 Å². The Morgan fingerprint density at radius 2 is 1.86 bits per heavy atom. The molecule has 0 unspecified atom stereocenters. The van der Waals surface area contributed by atoms with Crippen LogP contribution in [0.1, 0.15) is 38.5 Å². The van der Waals surface area contributed by atoms with Crippen LogP contribution < -0.4 is 16.4 Å². The van der Waals surface area contributed by atoms with Gasteiger partial charge in [-0.05, 0) is 68.4 Å². The molecule has 28 heavy (non-hydrogen) atoms. The summed E-state index contributed by atoms with van der Waals surface area (Å²) in [6.45, 7) is -0.405. The number of nitrogens with zero attached hydrogens (tertiary/aromatic N) is 2. The molecule has 0 saturated heterocycles. The number of rotatable bonds is 4. The summed E-state index contributed by atoms with van der Waals surface area (Å²) in [6.07, 6.45) is 8.23. The van der Waals surface area contributed by atoms with Gasteiger partial charge >= 0.3 is 11.8 Å². The molecular weight excluding hydrogens is 364 g/mol. The molecule has 0 aliphatic heterocycles. The van der Waals surface area contributed by atoms with Gasteiger partial charge in [-0.3, -0.25) is 10.1 Å². The smallest absolute Gasteiger partial charge is 0.437 e. The fourth-order valence-electron chi connectivity index (χ4n) is 5.74. The molecule has 2 aromatic heterocycles. The summed E-state index contributed by atoms with van der Waals surface area (Å²) in [5.74, 6) is 0.936. The average Bonchev–Trinajstić information content (AvgIpc) is 3.23. The normalized spacial score (nSPS) is 30.4. The Labute approximate surface area is 160 Å². The van der Waals surface area contributed by atoms with Crippen molar-refractivity contribution in [2.45, 2.75) is 50.6 Å². The van der Waals surface area contributed by atoms with Gasteiger partial charge in [0.05, 0.1) is 6.26 Å². The van der Waals surface area contributed by atoms with E-state index < -0.39 is 24.2 Å². The maximum absolute atomic E-state index is 12.4. The predicted molar refractivity (Wildman–Crippen MR) is 96.0 cm³/mol. The summed E-state index contributed by atoms with van der Waals surface area (Å²) >= 11 is 0. The van der Waals surface area contributed by atoms with Crippen LogP contribution in [0, 0.1) is 17.8 Å². The van der Waals surface area contributed by atoms with Crippen LogP contribution in [-0.4, -0.2) is 27.3 Å². The number of aromatic nitrogens is 2. The third-order valence-electron chi connectivity index (χ3n) is 6.30. The van der Waals surface area contributed by atoms with Crippen molar-refractivity contribution < 1.29 is 18.4 Å². The number of imide groups is 1. The number of amides is 3. The molecule has 4 saturated carbocycles.